The maximum atomic E-state index is 12.0. The summed E-state index contributed by atoms with van der Waals surface area (Å²) in [5.41, 5.74) is 1.68. The molecule has 3 aromatic rings. The molecule has 5 nitrogen and oxygen atoms in total. The molecule has 6 heteroatoms. The molecule has 0 saturated carbocycles. The second kappa shape index (κ2) is 6.44. The fourth-order valence-corrected chi connectivity index (χ4v) is 4.60. The van der Waals surface area contributed by atoms with E-state index in [1.165, 1.54) is 23.9 Å². The Hall–Kier alpha value is -2.47. The maximum Gasteiger partial charge on any atom is 0.341 e. The van der Waals surface area contributed by atoms with Crippen LogP contribution in [0.3, 0.4) is 0 Å². The van der Waals surface area contributed by atoms with E-state index in [-0.39, 0.29) is 0 Å². The standard InChI is InChI=1S/C19H18N2O3S/c1-11-7-8-13-15(9-11)25-18-16(13)17(20-10-21-18)24-14-6-4-3-5-12(14)19(22)23-2/h3-6,10-11H,7-9H2,1-2H3/t11-/m1/s1. The molecule has 0 spiro atoms. The number of aryl methyl sites for hydroxylation is 1. The predicted molar refractivity (Wildman–Crippen MR) is 96.5 cm³/mol. The number of carbonyl (C=O) groups excluding carboxylic acids is 1. The molecule has 0 unspecified atom stereocenters. The Morgan fingerprint density at radius 3 is 2.96 bits per heavy atom. The van der Waals surface area contributed by atoms with E-state index < -0.39 is 5.97 Å². The van der Waals surface area contributed by atoms with Crippen LogP contribution in [-0.4, -0.2) is 23.0 Å². The highest BCUT2D eigenvalue weighted by Crippen LogP contribution is 2.41. The fraction of sp³-hybridized carbons (Fsp3) is 0.316. The lowest BCUT2D eigenvalue weighted by Crippen LogP contribution is -2.09. The van der Waals surface area contributed by atoms with Crippen molar-refractivity contribution in [1.82, 2.24) is 9.97 Å². The van der Waals surface area contributed by atoms with Crippen molar-refractivity contribution in [1.29, 1.82) is 0 Å². The number of ether oxygens (including phenoxy) is 2. The summed E-state index contributed by atoms with van der Waals surface area (Å²) in [6, 6.07) is 7.04. The first-order valence-corrected chi connectivity index (χ1v) is 9.09. The van der Waals surface area contributed by atoms with E-state index in [1.807, 2.05) is 6.07 Å². The number of methoxy groups -OCH3 is 1. The molecule has 0 saturated heterocycles. The van der Waals surface area contributed by atoms with Crippen molar-refractivity contribution in [3.63, 3.8) is 0 Å². The van der Waals surface area contributed by atoms with Crippen LogP contribution in [0.25, 0.3) is 10.2 Å². The van der Waals surface area contributed by atoms with Gasteiger partial charge in [-0.3, -0.25) is 0 Å². The van der Waals surface area contributed by atoms with Gasteiger partial charge in [0.2, 0.25) is 5.88 Å². The minimum Gasteiger partial charge on any atom is -0.465 e. The molecular formula is C19H18N2O3S. The Balaban J connectivity index is 1.80. The van der Waals surface area contributed by atoms with Gasteiger partial charge in [0, 0.05) is 4.88 Å². The van der Waals surface area contributed by atoms with Gasteiger partial charge in [0.1, 0.15) is 22.5 Å². The van der Waals surface area contributed by atoms with Crippen LogP contribution in [0.4, 0.5) is 0 Å². The Bertz CT molecular complexity index is 951. The number of benzene rings is 1. The van der Waals surface area contributed by atoms with Crippen LogP contribution in [0.1, 0.15) is 34.1 Å². The van der Waals surface area contributed by atoms with Crippen molar-refractivity contribution in [2.45, 2.75) is 26.2 Å². The van der Waals surface area contributed by atoms with Gasteiger partial charge in [-0.05, 0) is 42.9 Å². The summed E-state index contributed by atoms with van der Waals surface area (Å²) in [4.78, 5) is 23.1. The van der Waals surface area contributed by atoms with E-state index in [0.29, 0.717) is 23.1 Å². The van der Waals surface area contributed by atoms with Gasteiger partial charge >= 0.3 is 5.97 Å². The average molecular weight is 354 g/mol. The van der Waals surface area contributed by atoms with Gasteiger partial charge in [0.05, 0.1) is 12.5 Å². The summed E-state index contributed by atoms with van der Waals surface area (Å²) in [5.74, 6) is 1.21. The first-order valence-electron chi connectivity index (χ1n) is 8.27. The summed E-state index contributed by atoms with van der Waals surface area (Å²) in [5, 5.41) is 0.981. The van der Waals surface area contributed by atoms with Gasteiger partial charge in [-0.25, -0.2) is 14.8 Å². The number of hydrogen-bond donors (Lipinski definition) is 0. The first kappa shape index (κ1) is 16.0. The molecule has 2 aromatic heterocycles. The molecule has 0 amide bonds. The number of aromatic nitrogens is 2. The molecule has 1 atom stereocenters. The van der Waals surface area contributed by atoms with Crippen LogP contribution in [0.15, 0.2) is 30.6 Å². The molecule has 0 aliphatic heterocycles. The topological polar surface area (TPSA) is 61.3 Å². The molecule has 2 heterocycles. The van der Waals surface area contributed by atoms with Crippen LogP contribution in [-0.2, 0) is 17.6 Å². The SMILES string of the molecule is COC(=O)c1ccccc1Oc1ncnc2sc3c(c12)CC[C@@H](C)C3. The summed E-state index contributed by atoms with van der Waals surface area (Å²) in [6.07, 6.45) is 4.77. The molecule has 0 N–H and O–H groups in total. The normalized spacial score (nSPS) is 16.5. The number of nitrogens with zero attached hydrogens (tertiary/aromatic N) is 2. The maximum absolute atomic E-state index is 12.0. The molecule has 128 valence electrons. The fourth-order valence-electron chi connectivity index (χ4n) is 3.26. The lowest BCUT2D eigenvalue weighted by atomic mass is 9.89. The lowest BCUT2D eigenvalue weighted by molar-refractivity contribution is 0.0598. The van der Waals surface area contributed by atoms with Crippen LogP contribution >= 0.6 is 11.3 Å². The van der Waals surface area contributed by atoms with Crippen molar-refractivity contribution in [2.75, 3.05) is 7.11 Å². The number of hydrogen-bond acceptors (Lipinski definition) is 6. The van der Waals surface area contributed by atoms with Crippen molar-refractivity contribution in [2.24, 2.45) is 5.92 Å². The zero-order valence-electron chi connectivity index (χ0n) is 14.1. The van der Waals surface area contributed by atoms with Crippen LogP contribution in [0, 0.1) is 5.92 Å². The van der Waals surface area contributed by atoms with E-state index in [0.717, 1.165) is 29.5 Å². The molecule has 4 rings (SSSR count). The number of rotatable bonds is 3. The Morgan fingerprint density at radius 2 is 2.12 bits per heavy atom. The smallest absolute Gasteiger partial charge is 0.341 e. The van der Waals surface area contributed by atoms with Gasteiger partial charge in [0.15, 0.2) is 0 Å². The second-order valence-electron chi connectivity index (χ2n) is 6.30. The summed E-state index contributed by atoms with van der Waals surface area (Å²) in [6.45, 7) is 2.28. The van der Waals surface area contributed by atoms with Gasteiger partial charge < -0.3 is 9.47 Å². The van der Waals surface area contributed by atoms with Crippen molar-refractivity contribution < 1.29 is 14.3 Å². The molecule has 0 bridgehead atoms. The number of carbonyl (C=O) groups is 1. The number of esters is 1. The van der Waals surface area contributed by atoms with Gasteiger partial charge in [-0.1, -0.05) is 19.1 Å². The van der Waals surface area contributed by atoms with E-state index in [2.05, 4.69) is 16.9 Å². The highest BCUT2D eigenvalue weighted by molar-refractivity contribution is 7.18. The highest BCUT2D eigenvalue weighted by Gasteiger charge is 2.24. The first-order chi connectivity index (χ1) is 12.2. The summed E-state index contributed by atoms with van der Waals surface area (Å²) in [7, 11) is 1.36. The van der Waals surface area contributed by atoms with Crippen molar-refractivity contribution in [3.05, 3.63) is 46.6 Å². The Labute approximate surface area is 149 Å². The number of thiophene rings is 1. The molecule has 0 radical (unpaired) electrons. The molecule has 1 aliphatic carbocycles. The molecule has 25 heavy (non-hydrogen) atoms. The molecule has 1 aromatic carbocycles. The van der Waals surface area contributed by atoms with Crippen LogP contribution in [0.2, 0.25) is 0 Å². The average Bonchev–Trinajstić information content (AvgIpc) is 3.00. The third-order valence-electron chi connectivity index (χ3n) is 4.56. The van der Waals surface area contributed by atoms with E-state index in [1.54, 1.807) is 29.5 Å². The van der Waals surface area contributed by atoms with Crippen molar-refractivity contribution in [3.8, 4) is 11.6 Å². The molecule has 1 aliphatic rings. The molecular weight excluding hydrogens is 336 g/mol. The van der Waals surface area contributed by atoms with Crippen LogP contribution in [0.5, 0.6) is 11.6 Å². The highest BCUT2D eigenvalue weighted by atomic mass is 32.1. The summed E-state index contributed by atoms with van der Waals surface area (Å²) >= 11 is 1.72. The zero-order valence-corrected chi connectivity index (χ0v) is 14.9. The Morgan fingerprint density at radius 1 is 1.28 bits per heavy atom. The minimum atomic E-state index is -0.429. The van der Waals surface area contributed by atoms with Crippen LogP contribution < -0.4 is 4.74 Å². The third-order valence-corrected chi connectivity index (χ3v) is 5.72. The minimum absolute atomic E-state index is 0.384. The molecule has 0 fully saturated rings. The van der Waals surface area contributed by atoms with Gasteiger partial charge in [-0.15, -0.1) is 11.3 Å². The number of para-hydroxylation sites is 1. The second-order valence-corrected chi connectivity index (χ2v) is 7.38. The van der Waals surface area contributed by atoms with E-state index in [9.17, 15) is 4.79 Å². The Kier molecular flexibility index (Phi) is 4.13. The van der Waals surface area contributed by atoms with E-state index in [4.69, 9.17) is 9.47 Å². The largest absolute Gasteiger partial charge is 0.465 e. The monoisotopic (exact) mass is 354 g/mol. The quantitative estimate of drug-likeness (QED) is 0.653. The predicted octanol–water partition coefficient (Wildman–Crippen LogP) is 4.40. The lowest BCUT2D eigenvalue weighted by Gasteiger charge is -2.18. The number of fused-ring (bicyclic) bond motifs is 3. The van der Waals surface area contributed by atoms with Crippen molar-refractivity contribution >= 4 is 27.5 Å². The van der Waals surface area contributed by atoms with E-state index >= 15 is 0 Å². The van der Waals surface area contributed by atoms with Gasteiger partial charge in [-0.2, -0.15) is 0 Å². The zero-order chi connectivity index (χ0) is 17.4. The van der Waals surface area contributed by atoms with Gasteiger partial charge in [0.25, 0.3) is 0 Å². The summed E-state index contributed by atoms with van der Waals surface area (Å²) < 4.78 is 10.9. The third kappa shape index (κ3) is 2.87.